The minimum absolute atomic E-state index is 0.0826. The van der Waals surface area contributed by atoms with Crippen LogP contribution in [0.1, 0.15) is 29.3 Å². The van der Waals surface area contributed by atoms with Gasteiger partial charge in [0.15, 0.2) is 0 Å². The molecule has 0 saturated carbocycles. The maximum absolute atomic E-state index is 12.8. The quantitative estimate of drug-likeness (QED) is 0.873. The van der Waals surface area contributed by atoms with Crippen molar-refractivity contribution in [3.05, 3.63) is 52.2 Å². The van der Waals surface area contributed by atoms with Crippen LogP contribution in [0.5, 0.6) is 0 Å². The van der Waals surface area contributed by atoms with E-state index in [0.717, 1.165) is 17.7 Å². The van der Waals surface area contributed by atoms with Crippen molar-refractivity contribution in [3.8, 4) is 6.07 Å². The number of hydrogen-bond acceptors (Lipinski definition) is 4. The number of benzene rings is 1. The van der Waals surface area contributed by atoms with Crippen molar-refractivity contribution in [2.24, 2.45) is 0 Å². The van der Waals surface area contributed by atoms with Crippen LogP contribution in [0.2, 0.25) is 0 Å². The molecule has 0 amide bonds. The number of thiophene rings is 1. The van der Waals surface area contributed by atoms with Gasteiger partial charge in [-0.2, -0.15) is 9.57 Å². The molecule has 1 atom stereocenters. The zero-order valence-electron chi connectivity index (χ0n) is 11.3. The SMILES string of the molecule is N#Cc1cccc(S(=O)(=O)N2CCCC2c2cccs2)c1. The zero-order chi connectivity index (χ0) is 14.9. The molecule has 1 fully saturated rings. The number of rotatable bonds is 3. The molecule has 0 N–H and O–H groups in total. The lowest BCUT2D eigenvalue weighted by Crippen LogP contribution is -2.30. The molecular formula is C15H14N2O2S2. The summed E-state index contributed by atoms with van der Waals surface area (Å²) >= 11 is 1.58. The minimum atomic E-state index is -3.56. The molecule has 1 aliphatic heterocycles. The van der Waals surface area contributed by atoms with Gasteiger partial charge in [0.1, 0.15) is 0 Å². The van der Waals surface area contributed by atoms with Gasteiger partial charge in [0, 0.05) is 11.4 Å². The molecule has 1 saturated heterocycles. The van der Waals surface area contributed by atoms with Crippen LogP contribution in [0.25, 0.3) is 0 Å². The molecule has 2 aromatic rings. The Morgan fingerprint density at radius 2 is 2.14 bits per heavy atom. The van der Waals surface area contributed by atoms with Crippen LogP contribution in [0.4, 0.5) is 0 Å². The Labute approximate surface area is 128 Å². The van der Waals surface area contributed by atoms with E-state index in [0.29, 0.717) is 12.1 Å². The summed E-state index contributed by atoms with van der Waals surface area (Å²) < 4.78 is 27.2. The normalized spacial score (nSPS) is 19.5. The highest BCUT2D eigenvalue weighted by Gasteiger charge is 2.36. The molecule has 6 heteroatoms. The fourth-order valence-corrected chi connectivity index (χ4v) is 5.32. The topological polar surface area (TPSA) is 61.2 Å². The molecule has 1 unspecified atom stereocenters. The van der Waals surface area contributed by atoms with Crippen molar-refractivity contribution in [2.75, 3.05) is 6.54 Å². The van der Waals surface area contributed by atoms with Gasteiger partial charge in [-0.3, -0.25) is 0 Å². The average Bonchev–Trinajstić information content (AvgIpc) is 3.17. The Kier molecular flexibility index (Phi) is 3.81. The third kappa shape index (κ3) is 2.60. The second-order valence-corrected chi connectivity index (χ2v) is 7.80. The predicted molar refractivity (Wildman–Crippen MR) is 81.3 cm³/mol. The third-order valence-electron chi connectivity index (χ3n) is 3.65. The summed E-state index contributed by atoms with van der Waals surface area (Å²) in [4.78, 5) is 1.28. The van der Waals surface area contributed by atoms with E-state index in [1.807, 2.05) is 23.6 Å². The van der Waals surface area contributed by atoms with Gasteiger partial charge in [-0.1, -0.05) is 12.1 Å². The Balaban J connectivity index is 1.99. The van der Waals surface area contributed by atoms with Gasteiger partial charge < -0.3 is 0 Å². The molecule has 4 nitrogen and oxygen atoms in total. The molecular weight excluding hydrogens is 304 g/mol. The van der Waals surface area contributed by atoms with E-state index in [-0.39, 0.29) is 10.9 Å². The van der Waals surface area contributed by atoms with Gasteiger partial charge in [0.2, 0.25) is 10.0 Å². The van der Waals surface area contributed by atoms with Crippen LogP contribution in [0, 0.1) is 11.3 Å². The van der Waals surface area contributed by atoms with Gasteiger partial charge in [-0.15, -0.1) is 11.3 Å². The molecule has 1 aromatic carbocycles. The summed E-state index contributed by atoms with van der Waals surface area (Å²) in [5.74, 6) is 0. The van der Waals surface area contributed by atoms with Crippen molar-refractivity contribution in [1.82, 2.24) is 4.31 Å². The molecule has 1 aliphatic rings. The molecule has 3 rings (SSSR count). The molecule has 0 bridgehead atoms. The van der Waals surface area contributed by atoms with E-state index in [9.17, 15) is 8.42 Å². The summed E-state index contributed by atoms with van der Waals surface area (Å²) in [6.07, 6.45) is 1.71. The van der Waals surface area contributed by atoms with E-state index in [1.165, 1.54) is 6.07 Å². The first-order chi connectivity index (χ1) is 10.1. The summed E-state index contributed by atoms with van der Waals surface area (Å²) in [7, 11) is -3.56. The van der Waals surface area contributed by atoms with E-state index >= 15 is 0 Å². The van der Waals surface area contributed by atoms with Crippen molar-refractivity contribution < 1.29 is 8.42 Å². The van der Waals surface area contributed by atoms with E-state index in [1.54, 1.807) is 33.8 Å². The zero-order valence-corrected chi connectivity index (χ0v) is 12.9. The second kappa shape index (κ2) is 5.60. The summed E-state index contributed by atoms with van der Waals surface area (Å²) in [5.41, 5.74) is 0.364. The smallest absolute Gasteiger partial charge is 0.207 e. The van der Waals surface area contributed by atoms with Crippen molar-refractivity contribution >= 4 is 21.4 Å². The maximum atomic E-state index is 12.8. The monoisotopic (exact) mass is 318 g/mol. The Hall–Kier alpha value is -1.68. The first-order valence-corrected chi connectivity index (χ1v) is 9.00. The lowest BCUT2D eigenvalue weighted by atomic mass is 10.2. The van der Waals surface area contributed by atoms with Crippen LogP contribution in [0.3, 0.4) is 0 Å². The van der Waals surface area contributed by atoms with E-state index in [4.69, 9.17) is 5.26 Å². The number of nitriles is 1. The van der Waals surface area contributed by atoms with Crippen LogP contribution < -0.4 is 0 Å². The molecule has 108 valence electrons. The summed E-state index contributed by atoms with van der Waals surface area (Å²) in [5, 5.41) is 10.9. The van der Waals surface area contributed by atoms with Crippen molar-refractivity contribution in [2.45, 2.75) is 23.8 Å². The van der Waals surface area contributed by atoms with Crippen LogP contribution in [-0.4, -0.2) is 19.3 Å². The van der Waals surface area contributed by atoms with Gasteiger partial charge in [-0.05, 0) is 42.5 Å². The van der Waals surface area contributed by atoms with Gasteiger partial charge in [0.05, 0.1) is 22.6 Å². The minimum Gasteiger partial charge on any atom is -0.207 e. The van der Waals surface area contributed by atoms with Gasteiger partial charge in [-0.25, -0.2) is 8.42 Å². The predicted octanol–water partition coefficient (Wildman–Crippen LogP) is 3.15. The van der Waals surface area contributed by atoms with Crippen LogP contribution in [0.15, 0.2) is 46.7 Å². The molecule has 0 radical (unpaired) electrons. The fraction of sp³-hybridized carbons (Fsp3) is 0.267. The lowest BCUT2D eigenvalue weighted by Gasteiger charge is -2.23. The lowest BCUT2D eigenvalue weighted by molar-refractivity contribution is 0.401. The highest BCUT2D eigenvalue weighted by atomic mass is 32.2. The first-order valence-electron chi connectivity index (χ1n) is 6.68. The maximum Gasteiger partial charge on any atom is 0.243 e. The van der Waals surface area contributed by atoms with Crippen LogP contribution in [-0.2, 0) is 10.0 Å². The fourth-order valence-electron chi connectivity index (χ4n) is 2.65. The first kappa shape index (κ1) is 14.3. The average molecular weight is 318 g/mol. The van der Waals surface area contributed by atoms with Crippen LogP contribution >= 0.6 is 11.3 Å². The van der Waals surface area contributed by atoms with Gasteiger partial charge >= 0.3 is 0 Å². The van der Waals surface area contributed by atoms with Crippen molar-refractivity contribution in [1.29, 1.82) is 5.26 Å². The Morgan fingerprint density at radius 1 is 1.29 bits per heavy atom. The molecule has 21 heavy (non-hydrogen) atoms. The molecule has 0 aliphatic carbocycles. The van der Waals surface area contributed by atoms with E-state index < -0.39 is 10.0 Å². The number of nitrogens with zero attached hydrogens (tertiary/aromatic N) is 2. The molecule has 1 aromatic heterocycles. The van der Waals surface area contributed by atoms with E-state index in [2.05, 4.69) is 0 Å². The molecule has 0 spiro atoms. The standard InChI is InChI=1S/C15H14N2O2S2/c16-11-12-4-1-5-13(10-12)21(18,19)17-8-2-6-14(17)15-7-3-9-20-15/h1,3-5,7,9-10,14H,2,6,8H2. The second-order valence-electron chi connectivity index (χ2n) is 4.93. The summed E-state index contributed by atoms with van der Waals surface area (Å²) in [6.45, 7) is 0.529. The van der Waals surface area contributed by atoms with Crippen molar-refractivity contribution in [3.63, 3.8) is 0 Å². The highest BCUT2D eigenvalue weighted by molar-refractivity contribution is 7.89. The third-order valence-corrected chi connectivity index (χ3v) is 6.52. The largest absolute Gasteiger partial charge is 0.243 e. The summed E-state index contributed by atoms with van der Waals surface area (Å²) in [6, 6.07) is 12.1. The number of hydrogen-bond donors (Lipinski definition) is 0. The highest BCUT2D eigenvalue weighted by Crippen LogP contribution is 2.38. The Morgan fingerprint density at radius 3 is 2.86 bits per heavy atom. The Bertz CT molecular complexity index is 776. The van der Waals surface area contributed by atoms with Gasteiger partial charge in [0.25, 0.3) is 0 Å². The molecule has 2 heterocycles. The number of sulfonamides is 1.